The molecule has 0 radical (unpaired) electrons. The molecular formula is C26H20ClN3O3S. The third kappa shape index (κ3) is 4.16. The molecule has 170 valence electrons. The highest BCUT2D eigenvalue weighted by Crippen LogP contribution is 2.30. The zero-order valence-electron chi connectivity index (χ0n) is 18.2. The van der Waals surface area contributed by atoms with Gasteiger partial charge in [0.25, 0.3) is 0 Å². The molecule has 34 heavy (non-hydrogen) atoms. The number of hydrogen-bond donors (Lipinski definition) is 2. The summed E-state index contributed by atoms with van der Waals surface area (Å²) in [5.41, 5.74) is 2.83. The second-order valence-electron chi connectivity index (χ2n) is 7.94. The molecule has 0 saturated carbocycles. The number of H-pyrrole nitrogens is 1. The molecule has 3 aromatic carbocycles. The van der Waals surface area contributed by atoms with Gasteiger partial charge in [0.05, 0.1) is 17.0 Å². The summed E-state index contributed by atoms with van der Waals surface area (Å²) in [6, 6.07) is 21.6. The van der Waals surface area contributed by atoms with E-state index in [-0.39, 0.29) is 5.56 Å². The molecule has 2 aromatic heterocycles. The molecule has 0 aliphatic rings. The number of benzene rings is 3. The van der Waals surface area contributed by atoms with Crippen molar-refractivity contribution in [1.82, 2.24) is 9.97 Å². The second kappa shape index (κ2) is 8.93. The van der Waals surface area contributed by atoms with E-state index >= 15 is 0 Å². The van der Waals surface area contributed by atoms with Gasteiger partial charge in [-0.05, 0) is 60.8 Å². The van der Waals surface area contributed by atoms with Crippen LogP contribution >= 0.6 is 11.6 Å². The van der Waals surface area contributed by atoms with Gasteiger partial charge in [0.2, 0.25) is 0 Å². The maximum atomic E-state index is 13.8. The van der Waals surface area contributed by atoms with Crippen molar-refractivity contribution in [2.24, 2.45) is 0 Å². The Bertz CT molecular complexity index is 1560. The number of carbonyl (C=O) groups is 1. The Hall–Kier alpha value is -3.68. The summed E-state index contributed by atoms with van der Waals surface area (Å²) >= 11 is 6.15. The van der Waals surface area contributed by atoms with Crippen molar-refractivity contribution < 1.29 is 14.1 Å². The number of aryl methyl sites for hydroxylation is 1. The number of carboxylic acid groups (broad SMARTS) is 1. The van der Waals surface area contributed by atoms with Gasteiger partial charge in [0.15, 0.2) is 11.0 Å². The lowest BCUT2D eigenvalue weighted by Gasteiger charge is -2.24. The van der Waals surface area contributed by atoms with Gasteiger partial charge in [0, 0.05) is 38.8 Å². The number of aromatic amines is 1. The molecule has 0 bridgehead atoms. The number of nitrogens with one attached hydrogen (secondary N) is 1. The van der Waals surface area contributed by atoms with Crippen LogP contribution in [0.5, 0.6) is 0 Å². The fourth-order valence-corrected chi connectivity index (χ4v) is 5.41. The summed E-state index contributed by atoms with van der Waals surface area (Å²) in [5.74, 6) is -0.436. The highest BCUT2D eigenvalue weighted by atomic mass is 35.5. The quantitative estimate of drug-likeness (QED) is 0.301. The van der Waals surface area contributed by atoms with E-state index in [0.717, 1.165) is 32.9 Å². The van der Waals surface area contributed by atoms with Crippen LogP contribution in [0.4, 0.5) is 5.82 Å². The van der Waals surface area contributed by atoms with Crippen LogP contribution in [0.1, 0.15) is 21.6 Å². The van der Waals surface area contributed by atoms with Crippen LogP contribution in [0, 0.1) is 6.92 Å². The number of halogens is 1. The van der Waals surface area contributed by atoms with Crippen molar-refractivity contribution >= 4 is 56.0 Å². The standard InChI is InChI=1S/C26H20ClN3O3S/c1-16-23-5-3-2-4-18(23)14-28-25(16)30(34(33)22-9-6-17(7-10-22)26(31)32)15-21-13-19-12-20(27)8-11-24(19)29-21/h2-14,29H,15H2,1H3,(H,31,32). The maximum Gasteiger partial charge on any atom is 0.335 e. The summed E-state index contributed by atoms with van der Waals surface area (Å²) in [4.78, 5) is 19.8. The van der Waals surface area contributed by atoms with E-state index in [9.17, 15) is 14.1 Å². The minimum atomic E-state index is -1.64. The Balaban J connectivity index is 1.60. The minimum absolute atomic E-state index is 0.139. The summed E-state index contributed by atoms with van der Waals surface area (Å²) in [5, 5.41) is 12.8. The fraction of sp³-hybridized carbons (Fsp3) is 0.0769. The summed E-state index contributed by atoms with van der Waals surface area (Å²) in [6.07, 6.45) is 1.78. The molecule has 0 aliphatic carbocycles. The van der Waals surface area contributed by atoms with Gasteiger partial charge >= 0.3 is 5.97 Å². The highest BCUT2D eigenvalue weighted by Gasteiger charge is 2.22. The van der Waals surface area contributed by atoms with E-state index in [2.05, 4.69) is 9.97 Å². The first-order valence-corrected chi connectivity index (χ1v) is 12.0. The van der Waals surface area contributed by atoms with Gasteiger partial charge in [-0.2, -0.15) is 0 Å². The number of rotatable bonds is 6. The van der Waals surface area contributed by atoms with Gasteiger partial charge in [-0.1, -0.05) is 35.9 Å². The molecule has 0 spiro atoms. The SMILES string of the molecule is Cc1c(N(Cc2cc3cc(Cl)ccc3[nH]2)S(=O)c2ccc(C(=O)O)cc2)ncc2ccccc12. The molecule has 1 atom stereocenters. The Morgan fingerprint density at radius 1 is 1.06 bits per heavy atom. The maximum absolute atomic E-state index is 13.8. The number of anilines is 1. The highest BCUT2D eigenvalue weighted by molar-refractivity contribution is 7.86. The molecule has 0 amide bonds. The van der Waals surface area contributed by atoms with Crippen molar-refractivity contribution in [2.75, 3.05) is 4.31 Å². The summed E-state index contributed by atoms with van der Waals surface area (Å²) in [6.45, 7) is 2.26. The van der Waals surface area contributed by atoms with Crippen LogP contribution in [0.3, 0.4) is 0 Å². The molecular weight excluding hydrogens is 470 g/mol. The molecule has 6 nitrogen and oxygen atoms in total. The summed E-state index contributed by atoms with van der Waals surface area (Å²) in [7, 11) is -1.64. The van der Waals surface area contributed by atoms with Gasteiger partial charge in [-0.25, -0.2) is 14.0 Å². The third-order valence-electron chi connectivity index (χ3n) is 5.72. The molecule has 2 N–H and O–H groups in total. The third-order valence-corrected chi connectivity index (χ3v) is 7.33. The molecule has 8 heteroatoms. The Labute approximate surface area is 203 Å². The van der Waals surface area contributed by atoms with Crippen LogP contribution in [-0.4, -0.2) is 25.3 Å². The Morgan fingerprint density at radius 3 is 2.59 bits per heavy atom. The normalized spacial score (nSPS) is 12.2. The average Bonchev–Trinajstić information content (AvgIpc) is 3.24. The number of carboxylic acids is 1. The van der Waals surface area contributed by atoms with Crippen molar-refractivity contribution in [3.05, 3.63) is 101 Å². The van der Waals surface area contributed by atoms with Crippen molar-refractivity contribution in [1.29, 1.82) is 0 Å². The number of nitrogens with zero attached hydrogens (tertiary/aromatic N) is 2. The lowest BCUT2D eigenvalue weighted by molar-refractivity contribution is 0.0697. The van der Waals surface area contributed by atoms with E-state index in [0.29, 0.717) is 22.3 Å². The largest absolute Gasteiger partial charge is 0.478 e. The summed E-state index contributed by atoms with van der Waals surface area (Å²) < 4.78 is 15.5. The first-order chi connectivity index (χ1) is 16.4. The zero-order chi connectivity index (χ0) is 23.8. The van der Waals surface area contributed by atoms with Crippen molar-refractivity contribution in [3.63, 3.8) is 0 Å². The van der Waals surface area contributed by atoms with E-state index in [1.54, 1.807) is 22.6 Å². The smallest absolute Gasteiger partial charge is 0.335 e. The minimum Gasteiger partial charge on any atom is -0.478 e. The zero-order valence-corrected chi connectivity index (χ0v) is 19.7. The fourth-order valence-electron chi connectivity index (χ4n) is 4.01. The second-order valence-corrected chi connectivity index (χ2v) is 9.78. The van der Waals surface area contributed by atoms with Crippen LogP contribution in [0.2, 0.25) is 5.02 Å². The number of aromatic carboxylic acids is 1. The molecule has 2 heterocycles. The van der Waals surface area contributed by atoms with E-state index in [1.165, 1.54) is 12.1 Å². The first kappa shape index (κ1) is 22.1. The number of fused-ring (bicyclic) bond motifs is 2. The van der Waals surface area contributed by atoms with Gasteiger partial charge in [-0.3, -0.25) is 4.31 Å². The Kier molecular flexibility index (Phi) is 5.81. The van der Waals surface area contributed by atoms with Crippen LogP contribution in [0.15, 0.2) is 83.9 Å². The monoisotopic (exact) mass is 489 g/mol. The van der Waals surface area contributed by atoms with E-state index in [1.807, 2.05) is 55.5 Å². The van der Waals surface area contributed by atoms with Gasteiger partial charge in [-0.15, -0.1) is 0 Å². The molecule has 0 saturated heterocycles. The lowest BCUT2D eigenvalue weighted by atomic mass is 10.1. The van der Waals surface area contributed by atoms with Crippen LogP contribution in [-0.2, 0) is 17.5 Å². The molecule has 1 unspecified atom stereocenters. The van der Waals surface area contributed by atoms with Crippen LogP contribution < -0.4 is 4.31 Å². The van der Waals surface area contributed by atoms with Gasteiger partial charge < -0.3 is 10.1 Å². The van der Waals surface area contributed by atoms with Crippen molar-refractivity contribution in [3.8, 4) is 0 Å². The van der Waals surface area contributed by atoms with Crippen molar-refractivity contribution in [2.45, 2.75) is 18.4 Å². The predicted molar refractivity (Wildman–Crippen MR) is 136 cm³/mol. The number of hydrogen-bond acceptors (Lipinski definition) is 3. The number of aromatic nitrogens is 2. The predicted octanol–water partition coefficient (Wildman–Crippen LogP) is 6.11. The average molecular weight is 490 g/mol. The Morgan fingerprint density at radius 2 is 1.82 bits per heavy atom. The topological polar surface area (TPSA) is 86.3 Å². The first-order valence-electron chi connectivity index (χ1n) is 10.5. The lowest BCUT2D eigenvalue weighted by Crippen LogP contribution is -2.27. The molecule has 0 fully saturated rings. The van der Waals surface area contributed by atoms with Crippen LogP contribution in [0.25, 0.3) is 21.7 Å². The number of pyridine rings is 1. The molecule has 5 aromatic rings. The molecule has 0 aliphatic heterocycles. The van der Waals surface area contributed by atoms with Gasteiger partial charge in [0.1, 0.15) is 5.82 Å². The van der Waals surface area contributed by atoms with E-state index in [4.69, 9.17) is 11.6 Å². The van der Waals surface area contributed by atoms with E-state index < -0.39 is 17.0 Å². The molecule has 5 rings (SSSR count).